The van der Waals surface area contributed by atoms with Gasteiger partial charge < -0.3 is 15.4 Å². The Hall–Kier alpha value is -3.19. The zero-order chi connectivity index (χ0) is 18.5. The molecule has 8 heteroatoms. The van der Waals surface area contributed by atoms with Crippen LogP contribution in [0.5, 0.6) is 0 Å². The Morgan fingerprint density at radius 3 is 2.69 bits per heavy atom. The van der Waals surface area contributed by atoms with Crippen LogP contribution in [-0.4, -0.2) is 23.0 Å². The highest BCUT2D eigenvalue weighted by Gasteiger charge is 2.07. The minimum absolute atomic E-state index is 0.00362. The van der Waals surface area contributed by atoms with Gasteiger partial charge in [0, 0.05) is 17.6 Å². The Balaban J connectivity index is 1.77. The second-order valence-corrected chi connectivity index (χ2v) is 5.62. The highest BCUT2D eigenvalue weighted by atomic mass is 35.5. The average molecular weight is 373 g/mol. The van der Waals surface area contributed by atoms with Crippen molar-refractivity contribution in [1.82, 2.24) is 9.97 Å². The number of anilines is 4. The lowest BCUT2D eigenvalue weighted by Crippen LogP contribution is -2.03. The maximum Gasteiger partial charge on any atom is 0.337 e. The van der Waals surface area contributed by atoms with Gasteiger partial charge in [0.1, 0.15) is 11.6 Å². The number of hydrogen-bond donors (Lipinski definition) is 2. The first-order valence-electron chi connectivity index (χ1n) is 7.55. The molecular formula is C18H14ClFN4O2. The second kappa shape index (κ2) is 7.79. The van der Waals surface area contributed by atoms with Gasteiger partial charge in [-0.15, -0.1) is 0 Å². The van der Waals surface area contributed by atoms with Gasteiger partial charge in [-0.05, 0) is 42.5 Å². The first kappa shape index (κ1) is 17.6. The zero-order valence-electron chi connectivity index (χ0n) is 13.7. The van der Waals surface area contributed by atoms with E-state index < -0.39 is 11.8 Å². The lowest BCUT2D eigenvalue weighted by molar-refractivity contribution is 0.0601. The quantitative estimate of drug-likeness (QED) is 0.640. The smallest absolute Gasteiger partial charge is 0.337 e. The Labute approximate surface area is 154 Å². The van der Waals surface area contributed by atoms with Crippen LogP contribution in [-0.2, 0) is 4.74 Å². The molecule has 3 rings (SSSR count). The molecule has 0 atom stereocenters. The molecule has 0 amide bonds. The fourth-order valence-electron chi connectivity index (χ4n) is 2.18. The van der Waals surface area contributed by atoms with Crippen LogP contribution in [0.25, 0.3) is 0 Å². The molecule has 0 saturated heterocycles. The first-order chi connectivity index (χ1) is 12.5. The number of hydrogen-bond acceptors (Lipinski definition) is 6. The molecule has 2 aromatic carbocycles. The van der Waals surface area contributed by atoms with Crippen molar-refractivity contribution in [2.75, 3.05) is 17.7 Å². The van der Waals surface area contributed by atoms with Gasteiger partial charge in [0.2, 0.25) is 5.95 Å². The van der Waals surface area contributed by atoms with Gasteiger partial charge >= 0.3 is 5.97 Å². The van der Waals surface area contributed by atoms with E-state index in [2.05, 4.69) is 20.6 Å². The molecule has 26 heavy (non-hydrogen) atoms. The number of halogens is 2. The summed E-state index contributed by atoms with van der Waals surface area (Å²) < 4.78 is 17.9. The van der Waals surface area contributed by atoms with Gasteiger partial charge in [0.15, 0.2) is 0 Å². The van der Waals surface area contributed by atoms with Crippen molar-refractivity contribution in [3.05, 3.63) is 71.1 Å². The standard InChI is InChI=1S/C18H14ClFN4O2/c1-26-17(25)11-3-2-4-12(9-11)22-16-7-8-21-18(24-16)23-13-5-6-15(20)14(19)10-13/h2-10H,1H3,(H2,21,22,23,24). The monoisotopic (exact) mass is 372 g/mol. The summed E-state index contributed by atoms with van der Waals surface area (Å²) >= 11 is 5.77. The van der Waals surface area contributed by atoms with Crippen LogP contribution in [0.3, 0.4) is 0 Å². The normalized spacial score (nSPS) is 10.3. The van der Waals surface area contributed by atoms with Gasteiger partial charge in [0.25, 0.3) is 0 Å². The Bertz CT molecular complexity index is 952. The number of nitrogens with one attached hydrogen (secondary N) is 2. The zero-order valence-corrected chi connectivity index (χ0v) is 14.4. The van der Waals surface area contributed by atoms with Gasteiger partial charge in [0.05, 0.1) is 17.7 Å². The maximum atomic E-state index is 13.2. The molecule has 0 bridgehead atoms. The van der Waals surface area contributed by atoms with E-state index in [1.807, 2.05) is 0 Å². The highest BCUT2D eigenvalue weighted by molar-refractivity contribution is 6.31. The number of esters is 1. The molecule has 132 valence electrons. The maximum absolute atomic E-state index is 13.2. The van der Waals surface area contributed by atoms with Gasteiger partial charge in [-0.25, -0.2) is 14.2 Å². The van der Waals surface area contributed by atoms with E-state index in [0.717, 1.165) is 0 Å². The molecule has 0 spiro atoms. The predicted octanol–water partition coefficient (Wildman–Crippen LogP) is 4.54. The van der Waals surface area contributed by atoms with Crippen molar-refractivity contribution in [3.8, 4) is 0 Å². The summed E-state index contributed by atoms with van der Waals surface area (Å²) in [6, 6.07) is 12.7. The summed E-state index contributed by atoms with van der Waals surface area (Å²) in [6.45, 7) is 0. The number of carbonyl (C=O) groups excluding carboxylic acids is 1. The number of benzene rings is 2. The van der Waals surface area contributed by atoms with Crippen molar-refractivity contribution in [1.29, 1.82) is 0 Å². The summed E-state index contributed by atoms with van der Waals surface area (Å²) in [7, 11) is 1.33. The van der Waals surface area contributed by atoms with E-state index in [1.54, 1.807) is 36.5 Å². The van der Waals surface area contributed by atoms with E-state index in [4.69, 9.17) is 16.3 Å². The highest BCUT2D eigenvalue weighted by Crippen LogP contribution is 2.22. The molecule has 1 aromatic heterocycles. The lowest BCUT2D eigenvalue weighted by atomic mass is 10.2. The van der Waals surface area contributed by atoms with E-state index in [1.165, 1.54) is 25.3 Å². The SMILES string of the molecule is COC(=O)c1cccc(Nc2ccnc(Nc3ccc(F)c(Cl)c3)n2)c1. The van der Waals surface area contributed by atoms with E-state index in [-0.39, 0.29) is 5.02 Å². The molecule has 0 saturated carbocycles. The molecule has 6 nitrogen and oxygen atoms in total. The average Bonchev–Trinajstić information content (AvgIpc) is 2.64. The summed E-state index contributed by atoms with van der Waals surface area (Å²) in [5.41, 5.74) is 1.65. The third-order valence-corrected chi connectivity index (χ3v) is 3.68. The number of methoxy groups -OCH3 is 1. The molecule has 3 aromatic rings. The number of aromatic nitrogens is 2. The first-order valence-corrected chi connectivity index (χ1v) is 7.93. The van der Waals surface area contributed by atoms with Gasteiger partial charge in [-0.3, -0.25) is 0 Å². The van der Waals surface area contributed by atoms with E-state index in [9.17, 15) is 9.18 Å². The second-order valence-electron chi connectivity index (χ2n) is 5.22. The van der Waals surface area contributed by atoms with Crippen molar-refractivity contribution in [2.24, 2.45) is 0 Å². The molecule has 0 fully saturated rings. The Morgan fingerprint density at radius 1 is 1.12 bits per heavy atom. The number of ether oxygens (including phenoxy) is 1. The molecule has 0 aliphatic rings. The fourth-order valence-corrected chi connectivity index (χ4v) is 2.36. The van der Waals surface area contributed by atoms with Crippen LogP contribution in [0, 0.1) is 5.82 Å². The summed E-state index contributed by atoms with van der Waals surface area (Å²) in [5, 5.41) is 6.04. The molecule has 2 N–H and O–H groups in total. The third-order valence-electron chi connectivity index (χ3n) is 3.39. The minimum Gasteiger partial charge on any atom is -0.465 e. The minimum atomic E-state index is -0.501. The number of rotatable bonds is 5. The van der Waals surface area contributed by atoms with Crippen molar-refractivity contribution >= 4 is 40.7 Å². The molecule has 0 aliphatic heterocycles. The lowest BCUT2D eigenvalue weighted by Gasteiger charge is -2.09. The number of carbonyl (C=O) groups is 1. The van der Waals surface area contributed by atoms with E-state index in [0.29, 0.717) is 28.7 Å². The van der Waals surface area contributed by atoms with Crippen LogP contribution in [0.1, 0.15) is 10.4 Å². The molecule has 0 aliphatic carbocycles. The Kier molecular flexibility index (Phi) is 5.28. The predicted molar refractivity (Wildman–Crippen MR) is 97.8 cm³/mol. The van der Waals surface area contributed by atoms with Gasteiger partial charge in [-0.1, -0.05) is 17.7 Å². The van der Waals surface area contributed by atoms with Crippen LogP contribution in [0.2, 0.25) is 5.02 Å². The topological polar surface area (TPSA) is 76.1 Å². The Morgan fingerprint density at radius 2 is 1.92 bits per heavy atom. The molecule has 1 heterocycles. The van der Waals surface area contributed by atoms with Crippen LogP contribution < -0.4 is 10.6 Å². The van der Waals surface area contributed by atoms with Crippen molar-refractivity contribution in [3.63, 3.8) is 0 Å². The molecule has 0 unspecified atom stereocenters. The van der Waals surface area contributed by atoms with Crippen LogP contribution >= 0.6 is 11.6 Å². The van der Waals surface area contributed by atoms with Crippen molar-refractivity contribution < 1.29 is 13.9 Å². The molecule has 0 radical (unpaired) electrons. The third kappa shape index (κ3) is 4.25. The summed E-state index contributed by atoms with van der Waals surface area (Å²) in [4.78, 5) is 20.0. The van der Waals surface area contributed by atoms with Gasteiger partial charge in [-0.2, -0.15) is 4.98 Å². The summed E-state index contributed by atoms with van der Waals surface area (Å²) in [6.07, 6.45) is 1.56. The van der Waals surface area contributed by atoms with Crippen LogP contribution in [0.15, 0.2) is 54.7 Å². The van der Waals surface area contributed by atoms with E-state index >= 15 is 0 Å². The molecular weight excluding hydrogens is 359 g/mol. The van der Waals surface area contributed by atoms with Crippen molar-refractivity contribution in [2.45, 2.75) is 0 Å². The largest absolute Gasteiger partial charge is 0.465 e. The fraction of sp³-hybridized carbons (Fsp3) is 0.0556. The number of nitrogens with zero attached hydrogens (tertiary/aromatic N) is 2. The summed E-state index contributed by atoms with van der Waals surface area (Å²) in [5.74, 6) is -0.106. The van der Waals surface area contributed by atoms with Crippen LogP contribution in [0.4, 0.5) is 27.5 Å².